The molecule has 124 valence electrons. The maximum absolute atomic E-state index is 11.9. The van der Waals surface area contributed by atoms with Gasteiger partial charge in [-0.3, -0.25) is 4.79 Å². The van der Waals surface area contributed by atoms with Gasteiger partial charge in [-0.15, -0.1) is 0 Å². The van der Waals surface area contributed by atoms with Crippen LogP contribution in [0.2, 0.25) is 0 Å². The topological polar surface area (TPSA) is 57.5 Å². The van der Waals surface area contributed by atoms with E-state index in [0.29, 0.717) is 35.9 Å². The summed E-state index contributed by atoms with van der Waals surface area (Å²) in [6.07, 6.45) is 6.88. The van der Waals surface area contributed by atoms with Crippen molar-refractivity contribution in [1.29, 1.82) is 0 Å². The Bertz CT molecular complexity index is 489. The van der Waals surface area contributed by atoms with E-state index < -0.39 is 0 Å². The van der Waals surface area contributed by atoms with Crippen molar-refractivity contribution in [2.45, 2.75) is 77.4 Å². The van der Waals surface area contributed by atoms with Crippen LogP contribution in [0.15, 0.2) is 0 Å². The number of hydrogen-bond donors (Lipinski definition) is 2. The van der Waals surface area contributed by atoms with E-state index in [1.165, 1.54) is 0 Å². The Morgan fingerprint density at radius 1 is 1.05 bits per heavy atom. The predicted octanol–water partition coefficient (Wildman–Crippen LogP) is 2.93. The normalized spacial score (nSPS) is 57.9. The maximum Gasteiger partial charge on any atom is 0.133 e. The Morgan fingerprint density at radius 3 is 2.59 bits per heavy atom. The number of aliphatic hydroxyl groups is 2. The number of rotatable bonds is 0. The summed E-state index contributed by atoms with van der Waals surface area (Å²) in [6, 6.07) is 0. The highest BCUT2D eigenvalue weighted by Gasteiger charge is 2.62. The molecule has 3 nitrogen and oxygen atoms in total. The molecule has 0 heterocycles. The number of aliphatic hydroxyl groups excluding tert-OH is 2. The van der Waals surface area contributed by atoms with Crippen molar-refractivity contribution in [1.82, 2.24) is 0 Å². The fourth-order valence-corrected chi connectivity index (χ4v) is 7.14. The second kappa shape index (κ2) is 4.80. The van der Waals surface area contributed by atoms with Crippen LogP contribution >= 0.6 is 0 Å². The first kappa shape index (κ1) is 15.1. The summed E-state index contributed by atoms with van der Waals surface area (Å²) in [4.78, 5) is 11.9. The van der Waals surface area contributed by atoms with Crippen molar-refractivity contribution in [2.75, 3.05) is 0 Å². The van der Waals surface area contributed by atoms with Crippen molar-refractivity contribution in [2.24, 2.45) is 34.5 Å². The SMILES string of the molecule is C[C@]12CCC(=O)C[C@@H]1CC[C@H]1[C@H]2[C@H](O)C[C@]2(C)[C@H](O)CC[C@@H]12. The molecule has 4 rings (SSSR count). The number of ketones is 1. The second-order valence-electron chi connectivity index (χ2n) is 9.19. The van der Waals surface area contributed by atoms with Crippen LogP contribution in [0.25, 0.3) is 0 Å². The van der Waals surface area contributed by atoms with Gasteiger partial charge in [0.15, 0.2) is 0 Å². The molecule has 0 aromatic carbocycles. The first-order valence-electron chi connectivity index (χ1n) is 9.24. The van der Waals surface area contributed by atoms with Gasteiger partial charge < -0.3 is 10.2 Å². The molecule has 22 heavy (non-hydrogen) atoms. The van der Waals surface area contributed by atoms with Crippen LogP contribution in [0.4, 0.5) is 0 Å². The van der Waals surface area contributed by atoms with E-state index in [-0.39, 0.29) is 23.0 Å². The second-order valence-corrected chi connectivity index (χ2v) is 9.19. The summed E-state index contributed by atoms with van der Waals surface area (Å²) < 4.78 is 0. The highest BCUT2D eigenvalue weighted by molar-refractivity contribution is 5.79. The van der Waals surface area contributed by atoms with Crippen LogP contribution in [0, 0.1) is 34.5 Å². The van der Waals surface area contributed by atoms with Crippen LogP contribution in [0.1, 0.15) is 65.2 Å². The summed E-state index contributed by atoms with van der Waals surface area (Å²) in [5.41, 5.74) is 0.0411. The van der Waals surface area contributed by atoms with Gasteiger partial charge in [-0.2, -0.15) is 0 Å². The molecule has 0 saturated heterocycles. The van der Waals surface area contributed by atoms with Crippen LogP contribution in [-0.4, -0.2) is 28.2 Å². The van der Waals surface area contributed by atoms with Crippen molar-refractivity contribution < 1.29 is 15.0 Å². The van der Waals surface area contributed by atoms with Gasteiger partial charge in [0.25, 0.3) is 0 Å². The van der Waals surface area contributed by atoms with E-state index >= 15 is 0 Å². The minimum absolute atomic E-state index is 0.0890. The predicted molar refractivity (Wildman–Crippen MR) is 84.1 cm³/mol. The largest absolute Gasteiger partial charge is 0.393 e. The molecule has 4 fully saturated rings. The van der Waals surface area contributed by atoms with Crippen LogP contribution < -0.4 is 0 Å². The van der Waals surface area contributed by atoms with Gasteiger partial charge in [0.2, 0.25) is 0 Å². The molecule has 0 aromatic heterocycles. The maximum atomic E-state index is 11.9. The quantitative estimate of drug-likeness (QED) is 0.723. The summed E-state index contributed by atoms with van der Waals surface area (Å²) in [5.74, 6) is 2.34. The third-order valence-electron chi connectivity index (χ3n) is 8.36. The van der Waals surface area contributed by atoms with E-state index in [1.54, 1.807) is 0 Å². The lowest BCUT2D eigenvalue weighted by Crippen LogP contribution is -2.59. The van der Waals surface area contributed by atoms with E-state index in [9.17, 15) is 15.0 Å². The number of fused-ring (bicyclic) bond motifs is 5. The van der Waals surface area contributed by atoms with Crippen molar-refractivity contribution in [3.8, 4) is 0 Å². The van der Waals surface area contributed by atoms with E-state index in [4.69, 9.17) is 0 Å². The average Bonchev–Trinajstić information content (AvgIpc) is 2.75. The first-order valence-corrected chi connectivity index (χ1v) is 9.24. The molecule has 4 saturated carbocycles. The van der Waals surface area contributed by atoms with Gasteiger partial charge in [-0.25, -0.2) is 0 Å². The zero-order valence-electron chi connectivity index (χ0n) is 13.9. The minimum atomic E-state index is -0.306. The number of Topliss-reactive ketones (excluding diaryl/α,β-unsaturated/α-hetero) is 1. The van der Waals surface area contributed by atoms with Gasteiger partial charge in [0, 0.05) is 12.8 Å². The molecule has 8 atom stereocenters. The fourth-order valence-electron chi connectivity index (χ4n) is 7.14. The lowest BCUT2D eigenvalue weighted by Gasteiger charge is -2.61. The third-order valence-corrected chi connectivity index (χ3v) is 8.36. The smallest absolute Gasteiger partial charge is 0.133 e. The molecule has 0 spiro atoms. The zero-order chi connectivity index (χ0) is 15.7. The minimum Gasteiger partial charge on any atom is -0.393 e. The monoisotopic (exact) mass is 306 g/mol. The van der Waals surface area contributed by atoms with Gasteiger partial charge in [-0.1, -0.05) is 13.8 Å². The molecule has 0 bridgehead atoms. The fraction of sp³-hybridized carbons (Fsp3) is 0.947. The summed E-state index contributed by atoms with van der Waals surface area (Å²) in [6.45, 7) is 4.55. The van der Waals surface area contributed by atoms with E-state index in [2.05, 4.69) is 13.8 Å². The summed E-state index contributed by atoms with van der Waals surface area (Å²) in [5, 5.41) is 21.5. The number of hydrogen-bond acceptors (Lipinski definition) is 3. The number of carbonyl (C=O) groups excluding carboxylic acids is 1. The van der Waals surface area contributed by atoms with Crippen molar-refractivity contribution in [3.63, 3.8) is 0 Å². The molecule has 0 radical (unpaired) electrons. The zero-order valence-corrected chi connectivity index (χ0v) is 13.9. The molecule has 0 unspecified atom stereocenters. The first-order chi connectivity index (χ1) is 10.4. The van der Waals surface area contributed by atoms with Crippen molar-refractivity contribution in [3.05, 3.63) is 0 Å². The standard InChI is InChI=1S/C19H30O3/c1-18-8-7-12(20)9-11(18)3-4-13-14-5-6-16(22)19(14,2)10-15(21)17(13)18/h11,13-17,21-22H,3-10H2,1-2H3/t11-,13+,14-,15+,16+,17-,18-,19-/m0/s1. The van der Waals surface area contributed by atoms with Crippen LogP contribution in [0.3, 0.4) is 0 Å². The third kappa shape index (κ3) is 1.84. The molecule has 3 heteroatoms. The van der Waals surface area contributed by atoms with Crippen molar-refractivity contribution >= 4 is 5.78 Å². The van der Waals surface area contributed by atoms with Gasteiger partial charge in [0.1, 0.15) is 5.78 Å². The van der Waals surface area contributed by atoms with Gasteiger partial charge in [-0.05, 0) is 73.0 Å². The lowest BCUT2D eigenvalue weighted by atomic mass is 9.44. The lowest BCUT2D eigenvalue weighted by molar-refractivity contribution is -0.177. The molecule has 0 aliphatic heterocycles. The Morgan fingerprint density at radius 2 is 1.82 bits per heavy atom. The molecular weight excluding hydrogens is 276 g/mol. The molecule has 4 aliphatic rings. The Hall–Kier alpha value is -0.410. The molecule has 2 N–H and O–H groups in total. The highest BCUT2D eigenvalue weighted by Crippen LogP contribution is 2.65. The Balaban J connectivity index is 1.69. The average molecular weight is 306 g/mol. The van der Waals surface area contributed by atoms with Crippen LogP contribution in [-0.2, 0) is 4.79 Å². The molecular formula is C19H30O3. The van der Waals surface area contributed by atoms with Crippen LogP contribution in [0.5, 0.6) is 0 Å². The Labute approximate surface area is 133 Å². The van der Waals surface area contributed by atoms with E-state index in [1.807, 2.05) is 0 Å². The molecule has 0 aromatic rings. The summed E-state index contributed by atoms with van der Waals surface area (Å²) in [7, 11) is 0. The van der Waals surface area contributed by atoms with E-state index in [0.717, 1.165) is 44.9 Å². The summed E-state index contributed by atoms with van der Waals surface area (Å²) >= 11 is 0. The Kier molecular flexibility index (Phi) is 3.30. The van der Waals surface area contributed by atoms with Gasteiger partial charge in [0.05, 0.1) is 12.2 Å². The highest BCUT2D eigenvalue weighted by atomic mass is 16.3. The molecule has 4 aliphatic carbocycles. The van der Waals surface area contributed by atoms with Gasteiger partial charge >= 0.3 is 0 Å². The molecule has 0 amide bonds. The number of carbonyl (C=O) groups is 1.